The smallest absolute Gasteiger partial charge is 0.165 e. The second-order valence-electron chi connectivity index (χ2n) is 4.12. The molecule has 0 aliphatic rings. The van der Waals surface area contributed by atoms with Crippen molar-refractivity contribution in [3.05, 3.63) is 52.0 Å². The number of ether oxygens (including phenoxy) is 1. The summed E-state index contributed by atoms with van der Waals surface area (Å²) in [6.07, 6.45) is 0.782. The maximum atomic E-state index is 13.7. The summed E-state index contributed by atoms with van der Waals surface area (Å²) in [5.74, 6) is -0.0694. The van der Waals surface area contributed by atoms with Crippen LogP contribution in [0.1, 0.15) is 23.4 Å². The third-order valence-corrected chi connectivity index (χ3v) is 3.60. The Labute approximate surface area is 110 Å². The molecule has 2 rings (SSSR count). The molecule has 18 heavy (non-hydrogen) atoms. The number of halogens is 1. The second-order valence-corrected chi connectivity index (χ2v) is 5.16. The van der Waals surface area contributed by atoms with E-state index < -0.39 is 0 Å². The Morgan fingerprint density at radius 1 is 1.33 bits per heavy atom. The van der Waals surface area contributed by atoms with Crippen molar-refractivity contribution in [2.45, 2.75) is 19.4 Å². The van der Waals surface area contributed by atoms with Gasteiger partial charge in [0.2, 0.25) is 0 Å². The van der Waals surface area contributed by atoms with Crippen LogP contribution in [0.5, 0.6) is 5.75 Å². The lowest BCUT2D eigenvalue weighted by Crippen LogP contribution is -2.10. The van der Waals surface area contributed by atoms with Gasteiger partial charge < -0.3 is 10.5 Å². The SMILES string of the molecule is CC(N)c1cccc(F)c1OCCc1cccs1. The summed E-state index contributed by atoms with van der Waals surface area (Å²) >= 11 is 1.67. The summed E-state index contributed by atoms with van der Waals surface area (Å²) in [6, 6.07) is 8.65. The third-order valence-electron chi connectivity index (χ3n) is 2.66. The van der Waals surface area contributed by atoms with E-state index in [0.29, 0.717) is 12.2 Å². The van der Waals surface area contributed by atoms with Gasteiger partial charge in [0, 0.05) is 22.9 Å². The van der Waals surface area contributed by atoms with Crippen molar-refractivity contribution in [2.24, 2.45) is 5.73 Å². The first-order valence-corrected chi connectivity index (χ1v) is 6.75. The van der Waals surface area contributed by atoms with Crippen molar-refractivity contribution in [1.82, 2.24) is 0 Å². The Morgan fingerprint density at radius 3 is 2.83 bits per heavy atom. The summed E-state index contributed by atoms with van der Waals surface area (Å²) in [5, 5.41) is 2.02. The zero-order valence-electron chi connectivity index (χ0n) is 10.2. The molecule has 0 saturated heterocycles. The van der Waals surface area contributed by atoms with E-state index >= 15 is 0 Å². The largest absolute Gasteiger partial charge is 0.490 e. The highest BCUT2D eigenvalue weighted by Crippen LogP contribution is 2.27. The van der Waals surface area contributed by atoms with Gasteiger partial charge in [-0.1, -0.05) is 18.2 Å². The molecule has 0 bridgehead atoms. The maximum absolute atomic E-state index is 13.7. The fourth-order valence-electron chi connectivity index (χ4n) is 1.74. The van der Waals surface area contributed by atoms with E-state index in [4.69, 9.17) is 10.5 Å². The molecule has 2 nitrogen and oxygen atoms in total. The highest BCUT2D eigenvalue weighted by Gasteiger charge is 2.12. The van der Waals surface area contributed by atoms with Gasteiger partial charge in [-0.15, -0.1) is 11.3 Å². The third kappa shape index (κ3) is 3.09. The molecule has 0 spiro atoms. The number of hydrogen-bond donors (Lipinski definition) is 1. The zero-order valence-corrected chi connectivity index (χ0v) is 11.0. The van der Waals surface area contributed by atoms with Gasteiger partial charge in [-0.25, -0.2) is 4.39 Å². The minimum atomic E-state index is -0.351. The number of benzene rings is 1. The van der Waals surface area contributed by atoms with Crippen molar-refractivity contribution in [2.75, 3.05) is 6.61 Å². The van der Waals surface area contributed by atoms with Crippen molar-refractivity contribution >= 4 is 11.3 Å². The van der Waals surface area contributed by atoms with Gasteiger partial charge >= 0.3 is 0 Å². The van der Waals surface area contributed by atoms with Gasteiger partial charge in [-0.3, -0.25) is 0 Å². The molecule has 0 amide bonds. The van der Waals surface area contributed by atoms with Crippen molar-refractivity contribution < 1.29 is 9.13 Å². The van der Waals surface area contributed by atoms with Gasteiger partial charge in [0.1, 0.15) is 0 Å². The van der Waals surface area contributed by atoms with Gasteiger partial charge in [0.05, 0.1) is 6.61 Å². The van der Waals surface area contributed by atoms with Crippen LogP contribution in [0.4, 0.5) is 4.39 Å². The van der Waals surface area contributed by atoms with E-state index in [2.05, 4.69) is 0 Å². The summed E-state index contributed by atoms with van der Waals surface area (Å²) < 4.78 is 19.3. The van der Waals surface area contributed by atoms with E-state index in [1.807, 2.05) is 24.4 Å². The molecular formula is C14H16FNOS. The minimum absolute atomic E-state index is 0.238. The fraction of sp³-hybridized carbons (Fsp3) is 0.286. The average molecular weight is 265 g/mol. The predicted molar refractivity (Wildman–Crippen MR) is 72.5 cm³/mol. The molecule has 0 aliphatic heterocycles. The van der Waals surface area contributed by atoms with E-state index in [1.54, 1.807) is 23.5 Å². The Balaban J connectivity index is 2.04. The summed E-state index contributed by atoms with van der Waals surface area (Å²) in [6.45, 7) is 2.28. The first-order valence-electron chi connectivity index (χ1n) is 5.87. The second kappa shape index (κ2) is 5.98. The molecular weight excluding hydrogens is 249 g/mol. The molecule has 2 N–H and O–H groups in total. The van der Waals surface area contributed by atoms with E-state index in [1.165, 1.54) is 10.9 Å². The molecule has 0 radical (unpaired) electrons. The van der Waals surface area contributed by atoms with Crippen LogP contribution < -0.4 is 10.5 Å². The Hall–Kier alpha value is -1.39. The number of hydrogen-bond acceptors (Lipinski definition) is 3. The summed E-state index contributed by atoms with van der Waals surface area (Å²) in [4.78, 5) is 1.23. The van der Waals surface area contributed by atoms with Crippen molar-refractivity contribution in [3.8, 4) is 5.75 Å². The first kappa shape index (κ1) is 13.1. The lowest BCUT2D eigenvalue weighted by Gasteiger charge is -2.14. The Morgan fingerprint density at radius 2 is 2.17 bits per heavy atom. The summed E-state index contributed by atoms with van der Waals surface area (Å²) in [5.41, 5.74) is 6.51. The lowest BCUT2D eigenvalue weighted by molar-refractivity contribution is 0.301. The Bertz CT molecular complexity index is 497. The minimum Gasteiger partial charge on any atom is -0.490 e. The van der Waals surface area contributed by atoms with Crippen LogP contribution in [-0.2, 0) is 6.42 Å². The molecule has 0 saturated carbocycles. The molecule has 1 aromatic carbocycles. The fourth-order valence-corrected chi connectivity index (χ4v) is 2.44. The zero-order chi connectivity index (χ0) is 13.0. The number of thiophene rings is 1. The lowest BCUT2D eigenvalue weighted by atomic mass is 10.1. The van der Waals surface area contributed by atoms with Crippen molar-refractivity contribution in [1.29, 1.82) is 0 Å². The highest BCUT2D eigenvalue weighted by molar-refractivity contribution is 7.09. The van der Waals surface area contributed by atoms with Gasteiger partial charge in [-0.2, -0.15) is 0 Å². The van der Waals surface area contributed by atoms with Crippen LogP contribution in [0.15, 0.2) is 35.7 Å². The molecule has 96 valence electrons. The molecule has 1 heterocycles. The molecule has 1 aromatic heterocycles. The molecule has 0 aliphatic carbocycles. The predicted octanol–water partition coefficient (Wildman–Crippen LogP) is 3.53. The normalized spacial score (nSPS) is 12.4. The van der Waals surface area contributed by atoms with Crippen LogP contribution in [-0.4, -0.2) is 6.61 Å². The monoisotopic (exact) mass is 265 g/mol. The Kier molecular flexibility index (Phi) is 4.33. The van der Waals surface area contributed by atoms with Crippen LogP contribution >= 0.6 is 11.3 Å². The molecule has 1 atom stereocenters. The van der Waals surface area contributed by atoms with E-state index in [-0.39, 0.29) is 17.6 Å². The average Bonchev–Trinajstić information content (AvgIpc) is 2.84. The maximum Gasteiger partial charge on any atom is 0.165 e. The van der Waals surface area contributed by atoms with Crippen LogP contribution in [0.2, 0.25) is 0 Å². The van der Waals surface area contributed by atoms with Gasteiger partial charge in [-0.05, 0) is 24.4 Å². The van der Waals surface area contributed by atoms with E-state index in [0.717, 1.165) is 6.42 Å². The van der Waals surface area contributed by atoms with Crippen LogP contribution in [0, 0.1) is 5.82 Å². The van der Waals surface area contributed by atoms with Gasteiger partial charge in [0.15, 0.2) is 11.6 Å². The number of rotatable bonds is 5. The van der Waals surface area contributed by atoms with E-state index in [9.17, 15) is 4.39 Å². The number of para-hydroxylation sites is 1. The highest BCUT2D eigenvalue weighted by atomic mass is 32.1. The topological polar surface area (TPSA) is 35.2 Å². The first-order chi connectivity index (χ1) is 8.68. The number of nitrogens with two attached hydrogens (primary N) is 1. The molecule has 2 aromatic rings. The molecule has 4 heteroatoms. The van der Waals surface area contributed by atoms with Gasteiger partial charge in [0.25, 0.3) is 0 Å². The standard InChI is InChI=1S/C14H16FNOS/c1-10(16)12-5-2-6-13(15)14(12)17-8-7-11-4-3-9-18-11/h2-6,9-10H,7-8,16H2,1H3. The summed E-state index contributed by atoms with van der Waals surface area (Å²) in [7, 11) is 0. The van der Waals surface area contributed by atoms with Crippen molar-refractivity contribution in [3.63, 3.8) is 0 Å². The quantitative estimate of drug-likeness (QED) is 0.897. The molecule has 0 fully saturated rings. The van der Waals surface area contributed by atoms with Crippen LogP contribution in [0.25, 0.3) is 0 Å². The molecule has 1 unspecified atom stereocenters. The van der Waals surface area contributed by atoms with Crippen LogP contribution in [0.3, 0.4) is 0 Å².